The van der Waals surface area contributed by atoms with Crippen LogP contribution in [0.5, 0.6) is 0 Å². The number of aromatic nitrogens is 1. The van der Waals surface area contributed by atoms with Crippen LogP contribution in [0.25, 0.3) is 11.1 Å². The van der Waals surface area contributed by atoms with Crippen LogP contribution >= 0.6 is 0 Å². The summed E-state index contributed by atoms with van der Waals surface area (Å²) >= 11 is 0. The number of fused-ring (bicyclic) bond motifs is 2. The van der Waals surface area contributed by atoms with Crippen LogP contribution in [0.3, 0.4) is 0 Å². The van der Waals surface area contributed by atoms with Gasteiger partial charge in [-0.1, -0.05) is 24.3 Å². The van der Waals surface area contributed by atoms with E-state index in [2.05, 4.69) is 20.1 Å². The standard InChI is InChI=1S/C44H58N8O9/c1-30-27-31(28-36-40(30)46-43(57)60-36)29-37(61-44(58)51-18-11-34(12-19-51)52-20-8-32-5-2-3-6-35(32)45-42(52)56)41(55)50-16-9-33(10-17-50)48-23-21-47(22-24-48)15-13-39(54)59-26-25-49-14-4-7-38(49)53/h2-3,5-6,27-28,33-34,37H,4,7-26,29H2,1H3,(H,45,56)(H,46,57)/t37-/m1/s1. The number of urea groups is 1. The maximum atomic E-state index is 14.3. The summed E-state index contributed by atoms with van der Waals surface area (Å²) in [5.74, 6) is -0.923. The molecule has 61 heavy (non-hydrogen) atoms. The number of hydrogen-bond donors (Lipinski definition) is 2. The Morgan fingerprint density at radius 3 is 2.33 bits per heavy atom. The fourth-order valence-corrected chi connectivity index (χ4v) is 9.64. The van der Waals surface area contributed by atoms with Gasteiger partial charge in [0.05, 0.1) is 18.5 Å². The number of amides is 5. The van der Waals surface area contributed by atoms with Gasteiger partial charge in [0.25, 0.3) is 5.91 Å². The highest BCUT2D eigenvalue weighted by Gasteiger charge is 2.37. The number of esters is 1. The van der Waals surface area contributed by atoms with Crippen molar-refractivity contribution in [1.82, 2.24) is 34.4 Å². The SMILES string of the molecule is Cc1cc(C[C@@H](OC(=O)N2CCC(N3CCc4ccccc4NC3=O)CC2)C(=O)N2CCC(N3CCN(CCC(=O)OCCN4CCCC4=O)CC3)CC2)cc2oc(=O)[nH]c12. The number of H-pyrrole nitrogens is 1. The molecule has 0 bridgehead atoms. The fraction of sp³-hybridized carbons (Fsp3) is 0.591. The lowest BCUT2D eigenvalue weighted by molar-refractivity contribution is -0.146. The van der Waals surface area contributed by atoms with Crippen LogP contribution in [0.2, 0.25) is 0 Å². The third-order valence-electron chi connectivity index (χ3n) is 13.2. The normalized spacial score (nSPS) is 20.4. The van der Waals surface area contributed by atoms with Gasteiger partial charge in [-0.3, -0.25) is 24.3 Å². The summed E-state index contributed by atoms with van der Waals surface area (Å²) in [6, 6.07) is 11.6. The fourth-order valence-electron chi connectivity index (χ4n) is 9.64. The highest BCUT2D eigenvalue weighted by Crippen LogP contribution is 2.27. The zero-order valence-corrected chi connectivity index (χ0v) is 35.1. The number of carbonyl (C=O) groups excluding carboxylic acids is 5. The number of carbonyl (C=O) groups is 5. The third kappa shape index (κ3) is 10.2. The van der Waals surface area contributed by atoms with Crippen molar-refractivity contribution in [3.8, 4) is 0 Å². The molecule has 328 valence electrons. The molecule has 4 fully saturated rings. The minimum atomic E-state index is -1.09. The van der Waals surface area contributed by atoms with E-state index in [0.29, 0.717) is 94.2 Å². The Hall–Kier alpha value is -5.42. The number of rotatable bonds is 12. The van der Waals surface area contributed by atoms with Crippen molar-refractivity contribution >= 4 is 46.7 Å². The molecule has 2 N–H and O–H groups in total. The number of piperidine rings is 2. The summed E-state index contributed by atoms with van der Waals surface area (Å²) in [5.41, 5.74) is 4.40. The first-order chi connectivity index (χ1) is 29.6. The molecule has 0 unspecified atom stereocenters. The lowest BCUT2D eigenvalue weighted by Gasteiger charge is -2.43. The molecular formula is C44H58N8O9. The van der Waals surface area contributed by atoms with E-state index < -0.39 is 18.0 Å². The molecule has 8 rings (SSSR count). The molecule has 0 saturated carbocycles. The van der Waals surface area contributed by atoms with Crippen molar-refractivity contribution in [3.63, 3.8) is 0 Å². The molecule has 4 saturated heterocycles. The summed E-state index contributed by atoms with van der Waals surface area (Å²) in [4.78, 5) is 92.0. The van der Waals surface area contributed by atoms with Crippen molar-refractivity contribution in [2.45, 2.75) is 82.9 Å². The topological polar surface area (TPSA) is 181 Å². The molecule has 0 spiro atoms. The summed E-state index contributed by atoms with van der Waals surface area (Å²) in [7, 11) is 0. The summed E-state index contributed by atoms with van der Waals surface area (Å²) < 4.78 is 16.9. The van der Waals surface area contributed by atoms with Gasteiger partial charge in [0.1, 0.15) is 6.61 Å². The van der Waals surface area contributed by atoms with E-state index >= 15 is 0 Å². The summed E-state index contributed by atoms with van der Waals surface area (Å²) in [5, 5.41) is 3.04. The zero-order valence-electron chi connectivity index (χ0n) is 35.1. The number of piperazine rings is 1. The van der Waals surface area contributed by atoms with Gasteiger partial charge >= 0.3 is 23.8 Å². The Morgan fingerprint density at radius 1 is 0.836 bits per heavy atom. The van der Waals surface area contributed by atoms with E-state index in [4.69, 9.17) is 13.9 Å². The predicted octanol–water partition coefficient (Wildman–Crippen LogP) is 3.20. The Balaban J connectivity index is 0.829. The van der Waals surface area contributed by atoms with Gasteiger partial charge < -0.3 is 43.7 Å². The van der Waals surface area contributed by atoms with Gasteiger partial charge in [-0.2, -0.15) is 0 Å². The number of nitrogens with zero attached hydrogens (tertiary/aromatic N) is 6. The monoisotopic (exact) mass is 842 g/mol. The second-order valence-electron chi connectivity index (χ2n) is 17.0. The number of oxazole rings is 1. The molecular weight excluding hydrogens is 785 g/mol. The van der Waals surface area contributed by atoms with Gasteiger partial charge in [-0.25, -0.2) is 14.4 Å². The molecule has 1 atom stereocenters. The second kappa shape index (κ2) is 19.1. The van der Waals surface area contributed by atoms with Crippen molar-refractivity contribution in [3.05, 3.63) is 63.6 Å². The number of aromatic amines is 1. The average molecular weight is 843 g/mol. The summed E-state index contributed by atoms with van der Waals surface area (Å²) in [6.07, 6.45) is 3.75. The first kappa shape index (κ1) is 42.3. The lowest BCUT2D eigenvalue weighted by Crippen LogP contribution is -2.55. The van der Waals surface area contributed by atoms with E-state index in [-0.39, 0.29) is 42.9 Å². The van der Waals surface area contributed by atoms with Crippen LogP contribution in [0, 0.1) is 6.92 Å². The van der Waals surface area contributed by atoms with Gasteiger partial charge in [0, 0.05) is 103 Å². The van der Waals surface area contributed by atoms with Crippen molar-refractivity contribution in [2.24, 2.45) is 0 Å². The highest BCUT2D eigenvalue weighted by atomic mass is 16.6. The number of para-hydroxylation sites is 1. The minimum absolute atomic E-state index is 0.0289. The number of benzene rings is 2. The molecule has 5 aliphatic heterocycles. The quantitative estimate of drug-likeness (QED) is 0.256. The Kier molecular flexibility index (Phi) is 13.2. The van der Waals surface area contributed by atoms with Crippen LogP contribution < -0.4 is 11.1 Å². The largest absolute Gasteiger partial charge is 0.464 e. The molecule has 6 heterocycles. The van der Waals surface area contributed by atoms with E-state index in [0.717, 1.165) is 75.2 Å². The van der Waals surface area contributed by atoms with E-state index in [1.54, 1.807) is 20.8 Å². The van der Waals surface area contributed by atoms with E-state index in [1.807, 2.05) is 42.2 Å². The molecule has 17 heteroatoms. The molecule has 2 aromatic carbocycles. The maximum Gasteiger partial charge on any atom is 0.417 e. The number of anilines is 1. The molecule has 17 nitrogen and oxygen atoms in total. The first-order valence-corrected chi connectivity index (χ1v) is 22.0. The number of ether oxygens (including phenoxy) is 2. The van der Waals surface area contributed by atoms with Crippen LogP contribution in [0.4, 0.5) is 15.3 Å². The number of nitrogens with one attached hydrogen (secondary N) is 2. The Labute approximate surface area is 355 Å². The predicted molar refractivity (Wildman–Crippen MR) is 225 cm³/mol. The number of aryl methyl sites for hydroxylation is 1. The molecule has 1 aromatic heterocycles. The smallest absolute Gasteiger partial charge is 0.417 e. The van der Waals surface area contributed by atoms with Gasteiger partial charge in [-0.05, 0) is 74.3 Å². The van der Waals surface area contributed by atoms with Crippen LogP contribution in [0.15, 0.2) is 45.6 Å². The first-order valence-electron chi connectivity index (χ1n) is 22.0. The van der Waals surface area contributed by atoms with Crippen LogP contribution in [0.1, 0.15) is 61.6 Å². The van der Waals surface area contributed by atoms with Crippen molar-refractivity contribution in [2.75, 3.05) is 90.5 Å². The van der Waals surface area contributed by atoms with Crippen LogP contribution in [-0.4, -0.2) is 168 Å². The third-order valence-corrected chi connectivity index (χ3v) is 13.2. The van der Waals surface area contributed by atoms with Gasteiger partial charge in [0.15, 0.2) is 11.7 Å². The van der Waals surface area contributed by atoms with Gasteiger partial charge in [-0.15, -0.1) is 0 Å². The number of hydrogen-bond acceptors (Lipinski definition) is 11. The molecule has 5 aliphatic rings. The molecule has 5 amide bonds. The minimum Gasteiger partial charge on any atom is -0.464 e. The zero-order chi connectivity index (χ0) is 42.5. The molecule has 3 aromatic rings. The summed E-state index contributed by atoms with van der Waals surface area (Å²) in [6.45, 7) is 9.79. The Bertz CT molecular complexity index is 2130. The van der Waals surface area contributed by atoms with E-state index in [9.17, 15) is 28.8 Å². The van der Waals surface area contributed by atoms with Crippen molar-refractivity contribution in [1.29, 1.82) is 0 Å². The number of likely N-dealkylation sites (tertiary alicyclic amines) is 3. The lowest BCUT2D eigenvalue weighted by atomic mass is 9.99. The highest BCUT2D eigenvalue weighted by molar-refractivity contribution is 5.91. The second-order valence-corrected chi connectivity index (χ2v) is 17.0. The molecule has 0 aliphatic carbocycles. The van der Waals surface area contributed by atoms with E-state index in [1.165, 1.54) is 0 Å². The van der Waals surface area contributed by atoms with Crippen LogP contribution in [-0.2, 0) is 36.7 Å². The molecule has 0 radical (unpaired) electrons. The average Bonchev–Trinajstić information content (AvgIpc) is 3.82. The van der Waals surface area contributed by atoms with Crippen molar-refractivity contribution < 1.29 is 37.9 Å². The maximum absolute atomic E-state index is 14.3. The Morgan fingerprint density at radius 2 is 1.57 bits per heavy atom. The van der Waals surface area contributed by atoms with Gasteiger partial charge in [0.2, 0.25) is 5.91 Å².